The van der Waals surface area contributed by atoms with E-state index in [1.807, 2.05) is 18.7 Å². The van der Waals surface area contributed by atoms with Crippen LogP contribution in [0.15, 0.2) is 18.2 Å². The Morgan fingerprint density at radius 1 is 1.48 bits per heavy atom. The number of hydrogen-bond donors (Lipinski definition) is 1. The third-order valence-electron chi connectivity index (χ3n) is 3.24. The molecular weight excluding hydrogens is 276 g/mol. The molecule has 0 radical (unpaired) electrons. The zero-order valence-electron chi connectivity index (χ0n) is 12.0. The fraction of sp³-hybridized carbons (Fsp3) is 0.500. The third kappa shape index (κ3) is 3.84. The highest BCUT2D eigenvalue weighted by Gasteiger charge is 2.30. The van der Waals surface area contributed by atoms with Crippen LogP contribution >= 0.6 is 0 Å². The Bertz CT molecular complexity index is 552. The predicted octanol–water partition coefficient (Wildman–Crippen LogP) is 2.29. The van der Waals surface area contributed by atoms with Gasteiger partial charge in [0.05, 0.1) is 23.5 Å². The van der Waals surface area contributed by atoms with Crippen molar-refractivity contribution in [3.05, 3.63) is 28.3 Å². The summed E-state index contributed by atoms with van der Waals surface area (Å²) in [5, 5.41) is 19.7. The zero-order chi connectivity index (χ0) is 15.6. The molecule has 21 heavy (non-hydrogen) atoms. The van der Waals surface area contributed by atoms with Gasteiger partial charge in [-0.1, -0.05) is 0 Å². The first-order chi connectivity index (χ1) is 9.85. The number of carboxylic acids is 1. The van der Waals surface area contributed by atoms with Crippen LogP contribution < -0.4 is 9.64 Å². The standard InChI is InChI=1S/C14H18N2O5/c1-9(2)21-13-5-11(4-12(6-13)16(19)20)15-7-10(8-15)3-14(17)18/h4-6,9-10H,3,7-8H2,1-2H3,(H,17,18). The number of aliphatic carboxylic acids is 1. The molecule has 1 fully saturated rings. The Balaban J connectivity index is 2.14. The molecule has 7 nitrogen and oxygen atoms in total. The average molecular weight is 294 g/mol. The Morgan fingerprint density at radius 2 is 2.14 bits per heavy atom. The lowest BCUT2D eigenvalue weighted by molar-refractivity contribution is -0.384. The van der Waals surface area contributed by atoms with Gasteiger partial charge < -0.3 is 14.7 Å². The molecule has 2 rings (SSSR count). The van der Waals surface area contributed by atoms with Crippen molar-refractivity contribution in [1.29, 1.82) is 0 Å². The van der Waals surface area contributed by atoms with Crippen molar-refractivity contribution in [2.45, 2.75) is 26.4 Å². The topological polar surface area (TPSA) is 92.9 Å². The Labute approximate surface area is 122 Å². The van der Waals surface area contributed by atoms with Gasteiger partial charge in [-0.25, -0.2) is 0 Å². The molecule has 1 saturated heterocycles. The lowest BCUT2D eigenvalue weighted by atomic mass is 9.95. The number of carboxylic acid groups (broad SMARTS) is 1. The van der Waals surface area contributed by atoms with Crippen molar-refractivity contribution in [2.24, 2.45) is 5.92 Å². The number of hydrogen-bond acceptors (Lipinski definition) is 5. The van der Waals surface area contributed by atoms with Crippen molar-refractivity contribution in [1.82, 2.24) is 0 Å². The second-order valence-corrected chi connectivity index (χ2v) is 5.48. The first-order valence-electron chi connectivity index (χ1n) is 6.78. The summed E-state index contributed by atoms with van der Waals surface area (Å²) in [5.74, 6) is -0.269. The largest absolute Gasteiger partial charge is 0.491 e. The summed E-state index contributed by atoms with van der Waals surface area (Å²) in [6.07, 6.45) is 0.0526. The van der Waals surface area contributed by atoms with Gasteiger partial charge in [0.2, 0.25) is 0 Å². The van der Waals surface area contributed by atoms with Gasteiger partial charge >= 0.3 is 5.97 Å². The predicted molar refractivity (Wildman–Crippen MR) is 76.8 cm³/mol. The first-order valence-corrected chi connectivity index (χ1v) is 6.78. The smallest absolute Gasteiger partial charge is 0.303 e. The first kappa shape index (κ1) is 15.1. The van der Waals surface area contributed by atoms with Crippen LogP contribution in [-0.2, 0) is 4.79 Å². The van der Waals surface area contributed by atoms with E-state index >= 15 is 0 Å². The summed E-state index contributed by atoms with van der Waals surface area (Å²) in [7, 11) is 0. The Morgan fingerprint density at radius 3 is 2.67 bits per heavy atom. The molecule has 0 unspecified atom stereocenters. The second-order valence-electron chi connectivity index (χ2n) is 5.48. The van der Waals surface area contributed by atoms with Gasteiger partial charge in [0.25, 0.3) is 5.69 Å². The van der Waals surface area contributed by atoms with E-state index in [9.17, 15) is 14.9 Å². The van der Waals surface area contributed by atoms with Crippen molar-refractivity contribution in [2.75, 3.05) is 18.0 Å². The van der Waals surface area contributed by atoms with Gasteiger partial charge in [0.15, 0.2) is 0 Å². The minimum atomic E-state index is -0.817. The lowest BCUT2D eigenvalue weighted by Crippen LogP contribution is -2.47. The summed E-state index contributed by atoms with van der Waals surface area (Å²) in [6.45, 7) is 4.89. The number of anilines is 1. The van der Waals surface area contributed by atoms with E-state index in [2.05, 4.69) is 0 Å². The van der Waals surface area contributed by atoms with Crippen LogP contribution in [-0.4, -0.2) is 35.2 Å². The van der Waals surface area contributed by atoms with Crippen molar-refractivity contribution in [3.63, 3.8) is 0 Å². The van der Waals surface area contributed by atoms with E-state index in [1.165, 1.54) is 12.1 Å². The van der Waals surface area contributed by atoms with Gasteiger partial charge in [-0.3, -0.25) is 14.9 Å². The fourth-order valence-corrected chi connectivity index (χ4v) is 2.35. The van der Waals surface area contributed by atoms with Crippen LogP contribution in [0, 0.1) is 16.0 Å². The summed E-state index contributed by atoms with van der Waals surface area (Å²) in [4.78, 5) is 23.1. The zero-order valence-corrected chi connectivity index (χ0v) is 12.0. The molecule has 0 amide bonds. The normalized spacial score (nSPS) is 14.9. The molecular formula is C14H18N2O5. The van der Waals surface area contributed by atoms with Gasteiger partial charge in [-0.15, -0.1) is 0 Å². The van der Waals surface area contributed by atoms with E-state index in [1.54, 1.807) is 6.07 Å². The molecule has 0 aromatic heterocycles. The molecule has 114 valence electrons. The van der Waals surface area contributed by atoms with Crippen molar-refractivity contribution < 1.29 is 19.6 Å². The van der Waals surface area contributed by atoms with Crippen LogP contribution in [0.3, 0.4) is 0 Å². The number of carbonyl (C=O) groups is 1. The van der Waals surface area contributed by atoms with Gasteiger partial charge in [0.1, 0.15) is 5.75 Å². The molecule has 0 saturated carbocycles. The van der Waals surface area contributed by atoms with Crippen LogP contribution in [0.25, 0.3) is 0 Å². The van der Waals surface area contributed by atoms with Crippen molar-refractivity contribution >= 4 is 17.3 Å². The Hall–Kier alpha value is -2.31. The minimum Gasteiger partial charge on any atom is -0.491 e. The highest BCUT2D eigenvalue weighted by molar-refractivity contribution is 5.68. The number of nitrogens with zero attached hydrogens (tertiary/aromatic N) is 2. The van der Waals surface area contributed by atoms with Crippen molar-refractivity contribution in [3.8, 4) is 5.75 Å². The number of nitro groups is 1. The highest BCUT2D eigenvalue weighted by atomic mass is 16.6. The van der Waals surface area contributed by atoms with Gasteiger partial charge in [0, 0.05) is 36.8 Å². The average Bonchev–Trinajstić information content (AvgIpc) is 2.31. The lowest BCUT2D eigenvalue weighted by Gasteiger charge is -2.40. The summed E-state index contributed by atoms with van der Waals surface area (Å²) < 4.78 is 5.53. The van der Waals surface area contributed by atoms with Crippen LogP contribution in [0.5, 0.6) is 5.75 Å². The van der Waals surface area contributed by atoms with E-state index in [4.69, 9.17) is 9.84 Å². The quantitative estimate of drug-likeness (QED) is 0.639. The van der Waals surface area contributed by atoms with E-state index in [0.717, 1.165) is 0 Å². The number of benzene rings is 1. The molecule has 7 heteroatoms. The molecule has 1 aliphatic heterocycles. The molecule has 0 aliphatic carbocycles. The number of rotatable bonds is 6. The van der Waals surface area contributed by atoms with Crippen LogP contribution in [0.2, 0.25) is 0 Å². The molecule has 1 aliphatic rings. The van der Waals surface area contributed by atoms with Crippen LogP contribution in [0.1, 0.15) is 20.3 Å². The third-order valence-corrected chi connectivity index (χ3v) is 3.24. The highest BCUT2D eigenvalue weighted by Crippen LogP contribution is 2.33. The monoisotopic (exact) mass is 294 g/mol. The Kier molecular flexibility index (Phi) is 4.30. The summed E-state index contributed by atoms with van der Waals surface area (Å²) in [5.41, 5.74) is 0.673. The summed E-state index contributed by atoms with van der Waals surface area (Å²) in [6, 6.07) is 4.65. The molecule has 1 N–H and O–H groups in total. The maximum atomic E-state index is 11.0. The van der Waals surface area contributed by atoms with Gasteiger partial charge in [-0.2, -0.15) is 0 Å². The molecule has 0 bridgehead atoms. The minimum absolute atomic E-state index is 0.0233. The van der Waals surface area contributed by atoms with Gasteiger partial charge in [-0.05, 0) is 13.8 Å². The molecule has 1 heterocycles. The number of ether oxygens (including phenoxy) is 1. The van der Waals surface area contributed by atoms with E-state index in [-0.39, 0.29) is 24.1 Å². The summed E-state index contributed by atoms with van der Waals surface area (Å²) >= 11 is 0. The molecule has 1 aromatic carbocycles. The maximum absolute atomic E-state index is 11.0. The molecule has 0 spiro atoms. The molecule has 0 atom stereocenters. The second kappa shape index (κ2) is 5.99. The number of non-ortho nitro benzene ring substituents is 1. The van der Waals surface area contributed by atoms with Crippen LogP contribution in [0.4, 0.5) is 11.4 Å². The maximum Gasteiger partial charge on any atom is 0.303 e. The van der Waals surface area contributed by atoms with E-state index in [0.29, 0.717) is 24.5 Å². The molecule has 1 aromatic rings. The number of nitro benzene ring substituents is 1. The fourth-order valence-electron chi connectivity index (χ4n) is 2.35. The SMILES string of the molecule is CC(C)Oc1cc(N2CC(CC(=O)O)C2)cc([N+](=O)[O-])c1. The van der Waals surface area contributed by atoms with E-state index < -0.39 is 10.9 Å².